The second kappa shape index (κ2) is 20.7. The quantitative estimate of drug-likeness (QED) is 0.102. The zero-order chi connectivity index (χ0) is 51.8. The third kappa shape index (κ3) is 12.5. The molecule has 0 aliphatic heterocycles. The predicted octanol–water partition coefficient (Wildman–Crippen LogP) is 12.5. The topological polar surface area (TPSA) is 144 Å². The SMILES string of the molecule is CS(=O)(=O)c1cccc(-c2ccc(-n3cc(Br)nc3-c3ccccc3C(F)(F)F)cc2)c1.CS(=O)(=O)c1cccc(-c2ccc(-n3cc(C4CC4)nc3-c3ccccc3C(F)(F)F)cc2)c1.OB(O)C1CC1. The molecule has 2 saturated carbocycles. The Bertz CT molecular complexity index is 3470. The lowest BCUT2D eigenvalue weighted by Crippen LogP contribution is -2.09. The summed E-state index contributed by atoms with van der Waals surface area (Å²) in [6.45, 7) is 0. The smallest absolute Gasteiger partial charge is 0.427 e. The second-order valence-corrected chi connectivity index (χ2v) is 22.3. The number of halogens is 7. The normalized spacial score (nSPS) is 13.9. The zero-order valence-corrected chi connectivity index (χ0v) is 41.6. The Hall–Kier alpha value is -6.32. The van der Waals surface area contributed by atoms with Crippen molar-refractivity contribution in [3.8, 4) is 56.4 Å². The van der Waals surface area contributed by atoms with Gasteiger partial charge < -0.3 is 10.0 Å². The van der Waals surface area contributed by atoms with Gasteiger partial charge in [-0.15, -0.1) is 0 Å². The average molecular weight is 1090 g/mol. The van der Waals surface area contributed by atoms with Crippen molar-refractivity contribution >= 4 is 42.7 Å². The van der Waals surface area contributed by atoms with Gasteiger partial charge in [-0.25, -0.2) is 26.8 Å². The minimum Gasteiger partial charge on any atom is -0.427 e. The minimum absolute atomic E-state index is 0.0318. The van der Waals surface area contributed by atoms with Crippen molar-refractivity contribution in [1.29, 1.82) is 0 Å². The van der Waals surface area contributed by atoms with Gasteiger partial charge in [0.25, 0.3) is 0 Å². The molecule has 2 fully saturated rings. The molecule has 20 heteroatoms. The molecule has 0 unspecified atom stereocenters. The van der Waals surface area contributed by atoms with Crippen LogP contribution in [-0.2, 0) is 32.0 Å². The van der Waals surface area contributed by atoms with Crippen LogP contribution in [0.2, 0.25) is 5.82 Å². The molecule has 2 aliphatic carbocycles. The Morgan fingerprint density at radius 3 is 1.33 bits per heavy atom. The highest BCUT2D eigenvalue weighted by Crippen LogP contribution is 2.43. The lowest BCUT2D eigenvalue weighted by atomic mass is 9.84. The third-order valence-electron chi connectivity index (χ3n) is 11.9. The first-order valence-electron chi connectivity index (χ1n) is 22.3. The molecule has 10 nitrogen and oxygen atoms in total. The van der Waals surface area contributed by atoms with Crippen molar-refractivity contribution in [3.05, 3.63) is 179 Å². The van der Waals surface area contributed by atoms with Crippen LogP contribution in [0.25, 0.3) is 56.4 Å². The van der Waals surface area contributed by atoms with E-state index in [1.54, 1.807) is 94.2 Å². The molecule has 0 atom stereocenters. The van der Waals surface area contributed by atoms with Crippen LogP contribution >= 0.6 is 15.9 Å². The van der Waals surface area contributed by atoms with E-state index >= 15 is 0 Å². The second-order valence-electron chi connectivity index (χ2n) is 17.4. The zero-order valence-electron chi connectivity index (χ0n) is 38.4. The molecule has 8 aromatic rings. The maximum Gasteiger partial charge on any atom is 0.454 e. The van der Waals surface area contributed by atoms with E-state index in [1.165, 1.54) is 36.4 Å². The Morgan fingerprint density at radius 2 is 0.958 bits per heavy atom. The van der Waals surface area contributed by atoms with E-state index in [0.717, 1.165) is 72.7 Å². The van der Waals surface area contributed by atoms with Gasteiger partial charge >= 0.3 is 19.5 Å². The fourth-order valence-electron chi connectivity index (χ4n) is 7.79. The molecule has 2 N–H and O–H groups in total. The van der Waals surface area contributed by atoms with Crippen molar-refractivity contribution in [3.63, 3.8) is 0 Å². The van der Waals surface area contributed by atoms with Crippen LogP contribution < -0.4 is 0 Å². The van der Waals surface area contributed by atoms with Crippen molar-refractivity contribution in [2.75, 3.05) is 12.5 Å². The van der Waals surface area contributed by atoms with Crippen molar-refractivity contribution < 1.29 is 53.2 Å². The monoisotopic (exact) mass is 1090 g/mol. The third-order valence-corrected chi connectivity index (χ3v) is 14.5. The first-order chi connectivity index (χ1) is 34.0. The molecule has 6 aromatic carbocycles. The van der Waals surface area contributed by atoms with Gasteiger partial charge in [0.05, 0.1) is 26.6 Å². The van der Waals surface area contributed by atoms with Gasteiger partial charge in [0, 0.05) is 53.3 Å². The molecule has 2 aliphatic rings. The van der Waals surface area contributed by atoms with Gasteiger partial charge in [-0.2, -0.15) is 26.3 Å². The van der Waals surface area contributed by atoms with Crippen LogP contribution in [0, 0.1) is 0 Å². The number of aromatic nitrogens is 4. The van der Waals surface area contributed by atoms with E-state index in [4.69, 9.17) is 10.0 Å². The summed E-state index contributed by atoms with van der Waals surface area (Å²) in [5.41, 5.74) is 3.61. The lowest BCUT2D eigenvalue weighted by Gasteiger charge is -2.14. The summed E-state index contributed by atoms with van der Waals surface area (Å²) < 4.78 is 133. The number of imidazole rings is 2. The fraction of sp³-hybridized carbons (Fsp3) is 0.192. The van der Waals surface area contributed by atoms with Gasteiger partial charge in [-0.3, -0.25) is 9.13 Å². The van der Waals surface area contributed by atoms with Gasteiger partial charge in [0.2, 0.25) is 0 Å². The van der Waals surface area contributed by atoms with E-state index < -0.39 is 50.3 Å². The molecule has 0 amide bonds. The van der Waals surface area contributed by atoms with Crippen LogP contribution in [0.1, 0.15) is 48.4 Å². The molecule has 2 heterocycles. The Labute approximate surface area is 420 Å². The minimum atomic E-state index is -4.52. The van der Waals surface area contributed by atoms with Crippen molar-refractivity contribution in [2.24, 2.45) is 0 Å². The van der Waals surface area contributed by atoms with Gasteiger partial charge in [0.15, 0.2) is 19.7 Å². The Balaban J connectivity index is 0.000000173. The highest BCUT2D eigenvalue weighted by molar-refractivity contribution is 9.10. The first-order valence-corrected chi connectivity index (χ1v) is 26.9. The van der Waals surface area contributed by atoms with Crippen LogP contribution in [0.15, 0.2) is 172 Å². The van der Waals surface area contributed by atoms with Gasteiger partial charge in [0.1, 0.15) is 16.3 Å². The standard InChI is InChI=1S/C26H21F3N2O2S.C23H16BrF3N2O2S.C3H7BO2/c1-34(32,33)21-6-4-5-19(15-21)17-11-13-20(14-12-17)31-16-24(18-9-10-18)30-25(31)22-7-2-3-8-23(22)26(27,28)29;1-32(30,31)18-6-4-5-16(13-18)15-9-11-17(12-10-15)29-14-21(24)28-22(29)19-7-2-3-8-20(19)23(25,26)27;5-4(6)3-1-2-3/h2-8,11-16,18H,9-10H2,1H3;2-14H,1H3;3,5-6H,1-2H2. The Kier molecular flexibility index (Phi) is 14.9. The Morgan fingerprint density at radius 1 is 0.542 bits per heavy atom. The van der Waals surface area contributed by atoms with Gasteiger partial charge in [-0.05, 0) is 118 Å². The number of sulfone groups is 2. The summed E-state index contributed by atoms with van der Waals surface area (Å²) in [4.78, 5) is 9.31. The van der Waals surface area contributed by atoms with E-state index in [-0.39, 0.29) is 44.3 Å². The van der Waals surface area contributed by atoms with Crippen LogP contribution in [0.5, 0.6) is 0 Å². The average Bonchev–Trinajstić information content (AvgIpc) is 4.29. The highest BCUT2D eigenvalue weighted by Gasteiger charge is 2.37. The number of alkyl halides is 6. The molecule has 2 aromatic heterocycles. The number of benzene rings is 6. The first kappa shape index (κ1) is 52.0. The summed E-state index contributed by atoms with van der Waals surface area (Å²) in [5, 5.41) is 16.5. The van der Waals surface area contributed by atoms with E-state index in [1.807, 2.05) is 24.4 Å². The largest absolute Gasteiger partial charge is 0.454 e. The van der Waals surface area contributed by atoms with Crippen molar-refractivity contribution in [1.82, 2.24) is 19.1 Å². The van der Waals surface area contributed by atoms with E-state index in [0.29, 0.717) is 21.5 Å². The number of hydrogen-bond acceptors (Lipinski definition) is 8. The molecule has 0 saturated heterocycles. The van der Waals surface area contributed by atoms with E-state index in [2.05, 4.69) is 25.9 Å². The number of rotatable bonds is 10. The molecular weight excluding hydrogens is 1050 g/mol. The van der Waals surface area contributed by atoms with Crippen LogP contribution in [0.3, 0.4) is 0 Å². The maximum absolute atomic E-state index is 13.7. The highest BCUT2D eigenvalue weighted by atomic mass is 79.9. The molecule has 0 radical (unpaired) electrons. The van der Waals surface area contributed by atoms with Crippen molar-refractivity contribution in [2.45, 2.75) is 59.6 Å². The van der Waals surface area contributed by atoms with Crippen LogP contribution in [-0.4, -0.2) is 65.6 Å². The number of hydrogen-bond donors (Lipinski definition) is 2. The lowest BCUT2D eigenvalue weighted by molar-refractivity contribution is -0.137. The van der Waals surface area contributed by atoms with Gasteiger partial charge in [-0.1, -0.05) is 97.8 Å². The summed E-state index contributed by atoms with van der Waals surface area (Å²) >= 11 is 3.26. The van der Waals surface area contributed by atoms with E-state index in [9.17, 15) is 43.2 Å². The molecule has 10 rings (SSSR count). The van der Waals surface area contributed by atoms with Crippen LogP contribution in [0.4, 0.5) is 26.3 Å². The molecule has 72 heavy (non-hydrogen) atoms. The molecule has 0 spiro atoms. The maximum atomic E-state index is 13.7. The summed E-state index contributed by atoms with van der Waals surface area (Å²) in [5.74, 6) is 0.888. The number of nitrogens with zero attached hydrogens (tertiary/aromatic N) is 4. The summed E-state index contributed by atoms with van der Waals surface area (Å²) in [6.07, 6.45) is 0.658. The summed E-state index contributed by atoms with van der Waals surface area (Å²) in [6, 6.07) is 38.3. The molecule has 0 bridgehead atoms. The predicted molar refractivity (Wildman–Crippen MR) is 268 cm³/mol. The molecular formula is C52H44BBrF6N4O6S2. The summed E-state index contributed by atoms with van der Waals surface area (Å²) in [7, 11) is -7.72. The molecule has 372 valence electrons. The fourth-order valence-corrected chi connectivity index (χ4v) is 9.49.